The van der Waals surface area contributed by atoms with E-state index in [9.17, 15) is 24.4 Å². The van der Waals surface area contributed by atoms with E-state index in [0.717, 1.165) is 18.4 Å². The summed E-state index contributed by atoms with van der Waals surface area (Å²) < 4.78 is 0. The number of nitrogens with one attached hydrogen (secondary N) is 2. The predicted molar refractivity (Wildman–Crippen MR) is 125 cm³/mol. The predicted octanol–water partition coefficient (Wildman–Crippen LogP) is -1.72. The average Bonchev–Trinajstić information content (AvgIpc) is 3.58. The van der Waals surface area contributed by atoms with Crippen molar-refractivity contribution in [1.29, 1.82) is 0 Å². The van der Waals surface area contributed by atoms with Gasteiger partial charge in [-0.25, -0.2) is 0 Å². The molecule has 3 amide bonds. The first kappa shape index (κ1) is 26.1. The molecule has 2 rings (SSSR count). The molecule has 0 spiro atoms. The van der Waals surface area contributed by atoms with Crippen LogP contribution in [0.4, 0.5) is 0 Å². The summed E-state index contributed by atoms with van der Waals surface area (Å²) >= 11 is 0. The van der Waals surface area contributed by atoms with E-state index in [2.05, 4.69) is 15.6 Å². The second-order valence-electron chi connectivity index (χ2n) is 8.18. The average molecular weight is 460 g/mol. The molecule has 1 aromatic carbocycles. The van der Waals surface area contributed by atoms with Crippen LogP contribution < -0.4 is 22.1 Å². The highest BCUT2D eigenvalue weighted by Crippen LogP contribution is 2.27. The number of nitrogens with zero attached hydrogens (tertiary/aromatic N) is 2. The number of hydrogen-bond donors (Lipinski definition) is 6. The Balaban J connectivity index is 2.02. The Morgan fingerprint density at radius 2 is 1.85 bits per heavy atom. The maximum atomic E-state index is 13.3. The highest BCUT2D eigenvalue weighted by molar-refractivity contribution is 6.43. The third-order valence-corrected chi connectivity index (χ3v) is 5.22. The van der Waals surface area contributed by atoms with Gasteiger partial charge >= 0.3 is 7.12 Å². The first-order valence-electron chi connectivity index (χ1n) is 11.0. The van der Waals surface area contributed by atoms with Crippen LogP contribution in [0.2, 0.25) is 0 Å². The van der Waals surface area contributed by atoms with Gasteiger partial charge in [0.2, 0.25) is 17.7 Å². The van der Waals surface area contributed by atoms with Crippen LogP contribution in [0.3, 0.4) is 0 Å². The molecule has 12 heteroatoms. The molecule has 2 atom stereocenters. The summed E-state index contributed by atoms with van der Waals surface area (Å²) in [5.74, 6) is -2.20. The minimum absolute atomic E-state index is 0.0667. The van der Waals surface area contributed by atoms with E-state index in [1.807, 2.05) is 30.3 Å². The molecular weight excluding hydrogens is 427 g/mol. The summed E-state index contributed by atoms with van der Waals surface area (Å²) in [6, 6.07) is 8.40. The number of nitrogens with two attached hydrogens (primary N) is 2. The number of aliphatic imine (C=N–C) groups is 1. The molecule has 0 aliphatic heterocycles. The Hall–Kier alpha value is -3.12. The third-order valence-electron chi connectivity index (χ3n) is 5.22. The van der Waals surface area contributed by atoms with E-state index >= 15 is 0 Å². The van der Waals surface area contributed by atoms with Crippen molar-refractivity contribution >= 4 is 30.8 Å². The minimum atomic E-state index is -1.77. The SMILES string of the molecule is CC(=O)N[C@H](Cc1ccccc1)C(=O)N(CC(=O)N[C@@H](CCCN=C(N)N)B(O)O)C1CC1. The second-order valence-corrected chi connectivity index (χ2v) is 8.18. The van der Waals surface area contributed by atoms with Crippen molar-refractivity contribution in [2.24, 2.45) is 16.5 Å². The Kier molecular flexibility index (Phi) is 10.1. The van der Waals surface area contributed by atoms with Crippen molar-refractivity contribution in [2.45, 2.75) is 57.1 Å². The van der Waals surface area contributed by atoms with Crippen molar-refractivity contribution in [3.05, 3.63) is 35.9 Å². The highest BCUT2D eigenvalue weighted by atomic mass is 16.4. The number of benzene rings is 1. The summed E-state index contributed by atoms with van der Waals surface area (Å²) in [5.41, 5.74) is 11.4. The molecule has 1 fully saturated rings. The van der Waals surface area contributed by atoms with Gasteiger partial charge in [-0.15, -0.1) is 0 Å². The Labute approximate surface area is 193 Å². The van der Waals surface area contributed by atoms with Crippen molar-refractivity contribution in [3.63, 3.8) is 0 Å². The zero-order valence-corrected chi connectivity index (χ0v) is 18.8. The standard InChI is InChI=1S/C21H33BN6O5/c1-14(29)26-17(12-15-6-3-2-4-7-15)20(31)28(16-9-10-16)13-19(30)27-18(22(32)33)8-5-11-25-21(23)24/h2-4,6-7,16-18,32-33H,5,8-13H2,1H3,(H,26,29)(H,27,30)(H4,23,24,25)/t17-,18+/m1/s1. The van der Waals surface area contributed by atoms with Crippen LogP contribution in [0.1, 0.15) is 38.2 Å². The van der Waals surface area contributed by atoms with Gasteiger partial charge in [0.1, 0.15) is 6.04 Å². The van der Waals surface area contributed by atoms with Crippen molar-refractivity contribution < 1.29 is 24.4 Å². The van der Waals surface area contributed by atoms with Crippen LogP contribution in [0.5, 0.6) is 0 Å². The van der Waals surface area contributed by atoms with E-state index in [1.165, 1.54) is 11.8 Å². The third kappa shape index (κ3) is 9.50. The lowest BCUT2D eigenvalue weighted by molar-refractivity contribution is -0.139. The Morgan fingerprint density at radius 1 is 1.18 bits per heavy atom. The van der Waals surface area contributed by atoms with Crippen molar-refractivity contribution in [3.8, 4) is 0 Å². The quantitative estimate of drug-likeness (QED) is 0.0875. The summed E-state index contributed by atoms with van der Waals surface area (Å²) in [4.78, 5) is 43.0. The fourth-order valence-corrected chi connectivity index (χ4v) is 3.49. The van der Waals surface area contributed by atoms with Crippen LogP contribution in [0.15, 0.2) is 35.3 Å². The first-order chi connectivity index (χ1) is 15.7. The minimum Gasteiger partial charge on any atom is -0.426 e. The van der Waals surface area contributed by atoms with E-state index in [0.29, 0.717) is 12.8 Å². The largest absolute Gasteiger partial charge is 0.475 e. The molecule has 1 aliphatic rings. The Bertz CT molecular complexity index is 830. The molecule has 0 radical (unpaired) electrons. The van der Waals surface area contributed by atoms with Crippen LogP contribution in [0.25, 0.3) is 0 Å². The fourth-order valence-electron chi connectivity index (χ4n) is 3.49. The molecule has 11 nitrogen and oxygen atoms in total. The topological polar surface area (TPSA) is 183 Å². The lowest BCUT2D eigenvalue weighted by Crippen LogP contribution is -2.54. The molecule has 33 heavy (non-hydrogen) atoms. The number of carbonyl (C=O) groups is 3. The van der Waals surface area contributed by atoms with Crippen LogP contribution in [-0.4, -0.2) is 76.9 Å². The summed E-state index contributed by atoms with van der Waals surface area (Å²) in [6.07, 6.45) is 2.49. The fraction of sp³-hybridized carbons (Fsp3) is 0.524. The molecule has 180 valence electrons. The van der Waals surface area contributed by atoms with E-state index in [-0.39, 0.29) is 43.3 Å². The lowest BCUT2D eigenvalue weighted by Gasteiger charge is -2.28. The van der Waals surface area contributed by atoms with Gasteiger partial charge < -0.3 is 37.0 Å². The van der Waals surface area contributed by atoms with Crippen molar-refractivity contribution in [1.82, 2.24) is 15.5 Å². The van der Waals surface area contributed by atoms with Crippen LogP contribution in [0, 0.1) is 0 Å². The zero-order valence-electron chi connectivity index (χ0n) is 18.8. The zero-order chi connectivity index (χ0) is 24.4. The maximum Gasteiger partial charge on any atom is 0.475 e. The summed E-state index contributed by atoms with van der Waals surface area (Å²) in [5, 5.41) is 24.5. The number of amides is 3. The molecule has 0 bridgehead atoms. The van der Waals surface area contributed by atoms with Gasteiger partial charge in [0.15, 0.2) is 5.96 Å². The molecule has 1 saturated carbocycles. The van der Waals surface area contributed by atoms with Gasteiger partial charge in [-0.2, -0.15) is 0 Å². The highest BCUT2D eigenvalue weighted by Gasteiger charge is 2.38. The molecule has 8 N–H and O–H groups in total. The second kappa shape index (κ2) is 12.8. The molecule has 0 saturated heterocycles. The smallest absolute Gasteiger partial charge is 0.426 e. The van der Waals surface area contributed by atoms with Crippen molar-refractivity contribution in [2.75, 3.05) is 13.1 Å². The number of hydrogen-bond acceptors (Lipinski definition) is 6. The van der Waals surface area contributed by atoms with Crippen LogP contribution >= 0.6 is 0 Å². The molecule has 0 aromatic heterocycles. The Morgan fingerprint density at radius 3 is 2.39 bits per heavy atom. The molecule has 0 heterocycles. The summed E-state index contributed by atoms with van der Waals surface area (Å²) in [6.45, 7) is 1.38. The first-order valence-corrected chi connectivity index (χ1v) is 11.0. The van der Waals surface area contributed by atoms with Gasteiger partial charge in [-0.05, 0) is 31.2 Å². The monoisotopic (exact) mass is 460 g/mol. The number of carbonyl (C=O) groups excluding carboxylic acids is 3. The van der Waals surface area contributed by atoms with Gasteiger partial charge in [-0.1, -0.05) is 30.3 Å². The summed E-state index contributed by atoms with van der Waals surface area (Å²) in [7, 11) is -1.77. The normalized spacial score (nSPS) is 14.5. The molecule has 0 unspecified atom stereocenters. The van der Waals surface area contributed by atoms with Gasteiger partial charge in [0.05, 0.1) is 12.5 Å². The molecule has 1 aromatic rings. The van der Waals surface area contributed by atoms with E-state index in [4.69, 9.17) is 11.5 Å². The van der Waals surface area contributed by atoms with Crippen LogP contribution in [-0.2, 0) is 20.8 Å². The lowest BCUT2D eigenvalue weighted by atomic mass is 9.76. The number of rotatable bonds is 13. The molecule has 1 aliphatic carbocycles. The number of guanidine groups is 1. The van der Waals surface area contributed by atoms with Gasteiger partial charge in [-0.3, -0.25) is 19.4 Å². The maximum absolute atomic E-state index is 13.3. The molecular formula is C21H33BN6O5. The van der Waals surface area contributed by atoms with Gasteiger partial charge in [0, 0.05) is 25.9 Å². The van der Waals surface area contributed by atoms with E-state index in [1.54, 1.807) is 0 Å². The van der Waals surface area contributed by atoms with Gasteiger partial charge in [0.25, 0.3) is 0 Å². The van der Waals surface area contributed by atoms with E-state index < -0.39 is 25.0 Å².